The Kier molecular flexibility index (Phi) is 6.55. The maximum Gasteiger partial charge on any atom is 0.255 e. The zero-order valence-electron chi connectivity index (χ0n) is 16.2. The number of carbonyl (C=O) groups excluding carboxylic acids is 1. The van der Waals surface area contributed by atoms with Crippen molar-refractivity contribution in [2.75, 3.05) is 39.8 Å². The maximum atomic E-state index is 12.9. The number of rotatable bonds is 6. The van der Waals surface area contributed by atoms with Crippen LogP contribution in [0.1, 0.15) is 35.9 Å². The molecule has 0 atom stereocenters. The number of amides is 1. The third-order valence-corrected chi connectivity index (χ3v) is 5.68. The second kappa shape index (κ2) is 8.89. The minimum Gasteiger partial charge on any atom is -0.497 e. The molecule has 0 unspecified atom stereocenters. The van der Waals surface area contributed by atoms with E-state index >= 15 is 0 Å². The largest absolute Gasteiger partial charge is 0.497 e. The number of halogens is 1. The summed E-state index contributed by atoms with van der Waals surface area (Å²) in [7, 11) is 1.61. The molecule has 27 heavy (non-hydrogen) atoms. The predicted molar refractivity (Wildman–Crippen MR) is 109 cm³/mol. The minimum atomic E-state index is 0.0529. The van der Waals surface area contributed by atoms with Gasteiger partial charge in [0, 0.05) is 62.1 Å². The Morgan fingerprint density at radius 3 is 2.63 bits per heavy atom. The third kappa shape index (κ3) is 4.71. The van der Waals surface area contributed by atoms with E-state index in [4.69, 9.17) is 4.74 Å². The number of benzene rings is 1. The Bertz CT molecular complexity index is 782. The highest BCUT2D eigenvalue weighted by molar-refractivity contribution is 9.10. The van der Waals surface area contributed by atoms with E-state index in [1.807, 2.05) is 23.2 Å². The van der Waals surface area contributed by atoms with Crippen LogP contribution >= 0.6 is 15.9 Å². The van der Waals surface area contributed by atoms with Gasteiger partial charge < -0.3 is 14.2 Å². The van der Waals surface area contributed by atoms with Crippen LogP contribution in [0.3, 0.4) is 0 Å². The molecule has 1 saturated heterocycles. The van der Waals surface area contributed by atoms with Gasteiger partial charge in [0.2, 0.25) is 0 Å². The number of aromatic nitrogens is 2. The first-order valence-corrected chi connectivity index (χ1v) is 10.1. The lowest BCUT2D eigenvalue weighted by molar-refractivity contribution is 0.0631. The molecule has 1 aliphatic rings. The highest BCUT2D eigenvalue weighted by Crippen LogP contribution is 2.24. The molecule has 0 bridgehead atoms. The molecule has 7 heteroatoms. The molecule has 1 aliphatic heterocycles. The van der Waals surface area contributed by atoms with Crippen molar-refractivity contribution in [3.05, 3.63) is 46.5 Å². The fraction of sp³-hybridized carbons (Fsp3) is 0.500. The number of ether oxygens (including phenoxy) is 1. The summed E-state index contributed by atoms with van der Waals surface area (Å²) in [4.78, 5) is 21.7. The zero-order chi connectivity index (χ0) is 19.4. The number of nitrogens with zero attached hydrogens (tertiary/aromatic N) is 4. The molecule has 1 amide bonds. The van der Waals surface area contributed by atoms with Crippen LogP contribution in [-0.2, 0) is 6.54 Å². The summed E-state index contributed by atoms with van der Waals surface area (Å²) in [6, 6.07) is 5.51. The van der Waals surface area contributed by atoms with Gasteiger partial charge in [-0.15, -0.1) is 0 Å². The molecule has 6 nitrogen and oxygen atoms in total. The van der Waals surface area contributed by atoms with Crippen LogP contribution in [0, 0.1) is 0 Å². The minimum absolute atomic E-state index is 0.0529. The average molecular weight is 435 g/mol. The van der Waals surface area contributed by atoms with Crippen molar-refractivity contribution in [3.63, 3.8) is 0 Å². The number of hydrogen-bond donors (Lipinski definition) is 0. The topological polar surface area (TPSA) is 50.6 Å². The monoisotopic (exact) mass is 434 g/mol. The van der Waals surface area contributed by atoms with E-state index in [9.17, 15) is 4.79 Å². The number of imidazole rings is 1. The van der Waals surface area contributed by atoms with Gasteiger partial charge in [0.05, 0.1) is 12.7 Å². The highest BCUT2D eigenvalue weighted by atomic mass is 79.9. The number of hydrogen-bond acceptors (Lipinski definition) is 4. The van der Waals surface area contributed by atoms with E-state index < -0.39 is 0 Å². The van der Waals surface area contributed by atoms with E-state index in [0.29, 0.717) is 17.2 Å². The summed E-state index contributed by atoms with van der Waals surface area (Å²) in [6.45, 7) is 9.49. The Labute approximate surface area is 169 Å². The average Bonchev–Trinajstić information content (AvgIpc) is 3.15. The van der Waals surface area contributed by atoms with Crippen molar-refractivity contribution in [2.24, 2.45) is 0 Å². The van der Waals surface area contributed by atoms with Gasteiger partial charge in [0.15, 0.2) is 0 Å². The lowest BCUT2D eigenvalue weighted by Gasteiger charge is -2.35. The van der Waals surface area contributed by atoms with Gasteiger partial charge in [-0.3, -0.25) is 9.69 Å². The van der Waals surface area contributed by atoms with Gasteiger partial charge in [-0.1, -0.05) is 13.8 Å². The van der Waals surface area contributed by atoms with Crippen LogP contribution in [0.4, 0.5) is 0 Å². The Morgan fingerprint density at radius 1 is 1.22 bits per heavy atom. The second-order valence-electron chi connectivity index (χ2n) is 7.11. The van der Waals surface area contributed by atoms with Gasteiger partial charge in [-0.05, 0) is 34.1 Å². The van der Waals surface area contributed by atoms with E-state index in [1.165, 1.54) is 0 Å². The first-order valence-electron chi connectivity index (χ1n) is 9.35. The molecular weight excluding hydrogens is 408 g/mol. The van der Waals surface area contributed by atoms with Crippen LogP contribution in [0.2, 0.25) is 0 Å². The van der Waals surface area contributed by atoms with Gasteiger partial charge in [-0.2, -0.15) is 0 Å². The molecule has 2 heterocycles. The zero-order valence-corrected chi connectivity index (χ0v) is 17.8. The van der Waals surface area contributed by atoms with Crippen LogP contribution < -0.4 is 4.74 Å². The molecule has 146 valence electrons. The van der Waals surface area contributed by atoms with Crippen molar-refractivity contribution in [1.82, 2.24) is 19.4 Å². The van der Waals surface area contributed by atoms with Gasteiger partial charge in [0.1, 0.15) is 11.6 Å². The molecule has 1 fully saturated rings. The fourth-order valence-electron chi connectivity index (χ4n) is 3.40. The highest BCUT2D eigenvalue weighted by Gasteiger charge is 2.24. The molecule has 2 aromatic rings. The molecule has 1 aromatic carbocycles. The quantitative estimate of drug-likeness (QED) is 0.699. The first kappa shape index (κ1) is 19.9. The Balaban J connectivity index is 1.54. The van der Waals surface area contributed by atoms with Gasteiger partial charge in [-0.25, -0.2) is 4.98 Å². The molecular formula is C20H27BrN4O2. The van der Waals surface area contributed by atoms with Crippen LogP contribution in [0.5, 0.6) is 5.75 Å². The van der Waals surface area contributed by atoms with Crippen molar-refractivity contribution in [1.29, 1.82) is 0 Å². The summed E-state index contributed by atoms with van der Waals surface area (Å²) < 4.78 is 8.29. The predicted octanol–water partition coefficient (Wildman–Crippen LogP) is 3.24. The smallest absolute Gasteiger partial charge is 0.255 e. The lowest BCUT2D eigenvalue weighted by atomic mass is 10.1. The summed E-state index contributed by atoms with van der Waals surface area (Å²) in [5.74, 6) is 2.31. The molecule has 0 N–H and O–H groups in total. The van der Waals surface area contributed by atoms with Gasteiger partial charge >= 0.3 is 0 Å². The number of piperazine rings is 1. The SMILES string of the molecule is COc1ccc(Br)c(C(=O)N2CCN(CCn3ccnc3C(C)C)CC2)c1. The summed E-state index contributed by atoms with van der Waals surface area (Å²) in [5, 5.41) is 0. The van der Waals surface area contributed by atoms with Crippen LogP contribution in [0.15, 0.2) is 35.1 Å². The number of carbonyl (C=O) groups is 1. The van der Waals surface area contributed by atoms with Crippen molar-refractivity contribution in [3.8, 4) is 5.75 Å². The number of methoxy groups -OCH3 is 1. The summed E-state index contributed by atoms with van der Waals surface area (Å²) in [5.41, 5.74) is 0.655. The fourth-order valence-corrected chi connectivity index (χ4v) is 3.82. The first-order chi connectivity index (χ1) is 13.0. The van der Waals surface area contributed by atoms with Crippen molar-refractivity contribution < 1.29 is 9.53 Å². The molecule has 0 spiro atoms. The van der Waals surface area contributed by atoms with Crippen molar-refractivity contribution >= 4 is 21.8 Å². The normalized spacial score (nSPS) is 15.4. The standard InChI is InChI=1S/C20H27BrN4O2/c1-15(2)19-22-6-7-24(19)11-8-23-9-12-25(13-10-23)20(26)17-14-16(27-3)4-5-18(17)21/h4-7,14-15H,8-13H2,1-3H3. The van der Waals surface area contributed by atoms with Gasteiger partial charge in [0.25, 0.3) is 5.91 Å². The van der Waals surface area contributed by atoms with Crippen molar-refractivity contribution in [2.45, 2.75) is 26.3 Å². The molecule has 0 saturated carbocycles. The van der Waals surface area contributed by atoms with E-state index in [2.05, 4.69) is 50.4 Å². The van der Waals surface area contributed by atoms with E-state index in [1.54, 1.807) is 13.2 Å². The van der Waals surface area contributed by atoms with E-state index in [0.717, 1.165) is 49.6 Å². The molecule has 0 aliphatic carbocycles. The van der Waals surface area contributed by atoms with E-state index in [-0.39, 0.29) is 5.91 Å². The molecule has 1 aromatic heterocycles. The van der Waals surface area contributed by atoms with Crippen LogP contribution in [0.25, 0.3) is 0 Å². The summed E-state index contributed by atoms with van der Waals surface area (Å²) in [6.07, 6.45) is 3.92. The Hall–Kier alpha value is -1.86. The lowest BCUT2D eigenvalue weighted by Crippen LogP contribution is -2.49. The summed E-state index contributed by atoms with van der Waals surface area (Å²) >= 11 is 3.48. The Morgan fingerprint density at radius 2 is 1.96 bits per heavy atom. The van der Waals surface area contributed by atoms with Crippen LogP contribution in [-0.4, -0.2) is 65.1 Å². The molecule has 3 rings (SSSR count). The third-order valence-electron chi connectivity index (χ3n) is 4.98. The second-order valence-corrected chi connectivity index (χ2v) is 7.97. The molecule has 0 radical (unpaired) electrons. The maximum absolute atomic E-state index is 12.9.